The molecule has 1 atom stereocenters. The highest BCUT2D eigenvalue weighted by Gasteiger charge is 2.31. The molecule has 100 valence electrons. The summed E-state index contributed by atoms with van der Waals surface area (Å²) in [5, 5.41) is 0. The van der Waals surface area contributed by atoms with Crippen molar-refractivity contribution in [2.75, 3.05) is 26.7 Å². The van der Waals surface area contributed by atoms with Crippen molar-refractivity contribution in [2.45, 2.75) is 32.6 Å². The van der Waals surface area contributed by atoms with Crippen LogP contribution in [0.2, 0.25) is 0 Å². The number of rotatable bonds is 6. The van der Waals surface area contributed by atoms with Gasteiger partial charge in [-0.05, 0) is 19.3 Å². The first-order chi connectivity index (χ1) is 8.02. The van der Waals surface area contributed by atoms with Crippen LogP contribution < -0.4 is 0 Å². The van der Waals surface area contributed by atoms with E-state index in [2.05, 4.69) is 0 Å². The molecule has 0 saturated carbocycles. The lowest BCUT2D eigenvalue weighted by atomic mass is 10.0. The first kappa shape index (κ1) is 14.6. The molecule has 1 saturated heterocycles. The average molecular weight is 262 g/mol. The first-order valence-corrected chi connectivity index (χ1v) is 7.58. The molecule has 0 aromatic heterocycles. The van der Waals surface area contributed by atoms with Gasteiger partial charge in [0.25, 0.3) is 10.2 Å². The molecule has 0 N–H and O–H groups in total. The molecule has 1 rings (SSSR count). The highest BCUT2D eigenvalue weighted by molar-refractivity contribution is 7.86. The third-order valence-corrected chi connectivity index (χ3v) is 5.11. The summed E-state index contributed by atoms with van der Waals surface area (Å²) in [6, 6.07) is 0. The Kier molecular flexibility index (Phi) is 5.55. The van der Waals surface area contributed by atoms with Gasteiger partial charge >= 0.3 is 0 Å². The van der Waals surface area contributed by atoms with Gasteiger partial charge in [-0.15, -0.1) is 0 Å². The topological polar surface area (TPSA) is 57.7 Å². The molecule has 0 amide bonds. The van der Waals surface area contributed by atoms with Crippen LogP contribution in [0.3, 0.4) is 0 Å². The van der Waals surface area contributed by atoms with Crippen molar-refractivity contribution >= 4 is 16.5 Å². The fourth-order valence-corrected chi connectivity index (χ4v) is 3.48. The summed E-state index contributed by atoms with van der Waals surface area (Å²) in [7, 11) is -1.76. The Hall–Kier alpha value is -0.460. The van der Waals surface area contributed by atoms with E-state index in [1.165, 1.54) is 8.61 Å². The summed E-state index contributed by atoms with van der Waals surface area (Å²) in [5.41, 5.74) is 0. The molecule has 1 unspecified atom stereocenters. The van der Waals surface area contributed by atoms with Crippen LogP contribution >= 0.6 is 0 Å². The van der Waals surface area contributed by atoms with Crippen LogP contribution in [0.5, 0.6) is 0 Å². The molecule has 5 nitrogen and oxygen atoms in total. The van der Waals surface area contributed by atoms with E-state index in [0.717, 1.165) is 32.0 Å². The van der Waals surface area contributed by atoms with Gasteiger partial charge < -0.3 is 4.79 Å². The molecule has 0 bridgehead atoms. The number of hydrogen-bond acceptors (Lipinski definition) is 3. The first-order valence-electron chi connectivity index (χ1n) is 6.19. The molecule has 6 heteroatoms. The number of hydrogen-bond donors (Lipinski definition) is 0. The van der Waals surface area contributed by atoms with Gasteiger partial charge in [-0.25, -0.2) is 0 Å². The summed E-state index contributed by atoms with van der Waals surface area (Å²) in [6.07, 6.45) is 4.27. The molecule has 1 aliphatic rings. The molecule has 0 aliphatic carbocycles. The molecule has 0 radical (unpaired) electrons. The van der Waals surface area contributed by atoms with Gasteiger partial charge in [0.2, 0.25) is 0 Å². The third-order valence-electron chi connectivity index (χ3n) is 3.16. The van der Waals surface area contributed by atoms with E-state index in [1.807, 2.05) is 6.92 Å². The van der Waals surface area contributed by atoms with Gasteiger partial charge in [-0.2, -0.15) is 17.0 Å². The van der Waals surface area contributed by atoms with Crippen LogP contribution in [-0.2, 0) is 15.0 Å². The average Bonchev–Trinajstić information content (AvgIpc) is 2.35. The fourth-order valence-electron chi connectivity index (χ4n) is 1.99. The van der Waals surface area contributed by atoms with E-state index >= 15 is 0 Å². The Morgan fingerprint density at radius 1 is 1.47 bits per heavy atom. The molecule has 17 heavy (non-hydrogen) atoms. The molecule has 0 aromatic carbocycles. The van der Waals surface area contributed by atoms with Gasteiger partial charge in [0, 0.05) is 32.6 Å². The van der Waals surface area contributed by atoms with E-state index in [9.17, 15) is 13.2 Å². The molecule has 1 aliphatic heterocycles. The molecular formula is C11H22N2O3S. The summed E-state index contributed by atoms with van der Waals surface area (Å²) in [5.74, 6) is -0.141. The summed E-state index contributed by atoms with van der Waals surface area (Å²) >= 11 is 0. The Labute approximate surface area is 104 Å². The van der Waals surface area contributed by atoms with Crippen molar-refractivity contribution in [1.82, 2.24) is 8.61 Å². The minimum absolute atomic E-state index is 0.141. The van der Waals surface area contributed by atoms with Crippen LogP contribution in [0.25, 0.3) is 0 Å². The fraction of sp³-hybridized carbons (Fsp3) is 0.909. The van der Waals surface area contributed by atoms with Gasteiger partial charge in [-0.3, -0.25) is 0 Å². The number of carbonyl (C=O) groups excluding carboxylic acids is 1. The van der Waals surface area contributed by atoms with Crippen LogP contribution in [0.1, 0.15) is 32.6 Å². The zero-order valence-corrected chi connectivity index (χ0v) is 11.4. The maximum atomic E-state index is 12.2. The highest BCUT2D eigenvalue weighted by Crippen LogP contribution is 2.19. The van der Waals surface area contributed by atoms with Crippen LogP contribution in [0.4, 0.5) is 0 Å². The predicted molar refractivity (Wildman–Crippen MR) is 66.8 cm³/mol. The molecular weight excluding hydrogens is 240 g/mol. The van der Waals surface area contributed by atoms with Crippen molar-refractivity contribution in [1.29, 1.82) is 0 Å². The second kappa shape index (κ2) is 6.47. The second-order valence-corrected chi connectivity index (χ2v) is 6.61. The Balaban J connectivity index is 2.65. The number of carbonyl (C=O) groups is 1. The zero-order valence-electron chi connectivity index (χ0n) is 10.6. The highest BCUT2D eigenvalue weighted by atomic mass is 32.2. The summed E-state index contributed by atoms with van der Waals surface area (Å²) in [4.78, 5) is 10.7. The number of piperidine rings is 1. The minimum Gasteiger partial charge on any atom is -0.303 e. The summed E-state index contributed by atoms with van der Waals surface area (Å²) in [6.45, 7) is 3.44. The third kappa shape index (κ3) is 3.76. The van der Waals surface area contributed by atoms with Crippen LogP contribution in [-0.4, -0.2) is 50.0 Å². The largest absolute Gasteiger partial charge is 0.303 e. The Bertz CT molecular complexity index is 343. The Morgan fingerprint density at radius 3 is 2.76 bits per heavy atom. The number of nitrogens with zero attached hydrogens (tertiary/aromatic N) is 2. The normalized spacial score (nSPS) is 22.9. The maximum Gasteiger partial charge on any atom is 0.281 e. The summed E-state index contributed by atoms with van der Waals surface area (Å²) < 4.78 is 27.2. The monoisotopic (exact) mass is 262 g/mol. The van der Waals surface area contributed by atoms with Gasteiger partial charge in [0.15, 0.2) is 0 Å². The maximum absolute atomic E-state index is 12.2. The number of aldehydes is 1. The minimum atomic E-state index is -3.37. The van der Waals surface area contributed by atoms with Gasteiger partial charge in [0.1, 0.15) is 6.29 Å². The molecule has 0 aromatic rings. The van der Waals surface area contributed by atoms with Crippen molar-refractivity contribution < 1.29 is 13.2 Å². The van der Waals surface area contributed by atoms with Crippen molar-refractivity contribution in [3.63, 3.8) is 0 Å². The lowest BCUT2D eigenvalue weighted by Gasteiger charge is -2.32. The SMILES string of the molecule is CCCCN(C)S(=O)(=O)N1CCCC(C=O)C1. The van der Waals surface area contributed by atoms with E-state index < -0.39 is 10.2 Å². The van der Waals surface area contributed by atoms with Crippen molar-refractivity contribution in [3.8, 4) is 0 Å². The van der Waals surface area contributed by atoms with Gasteiger partial charge in [0.05, 0.1) is 0 Å². The second-order valence-electron chi connectivity index (χ2n) is 4.58. The van der Waals surface area contributed by atoms with E-state index in [1.54, 1.807) is 7.05 Å². The van der Waals surface area contributed by atoms with Crippen molar-refractivity contribution in [3.05, 3.63) is 0 Å². The van der Waals surface area contributed by atoms with E-state index in [0.29, 0.717) is 19.6 Å². The van der Waals surface area contributed by atoms with Gasteiger partial charge in [-0.1, -0.05) is 13.3 Å². The Morgan fingerprint density at radius 2 is 2.18 bits per heavy atom. The lowest BCUT2D eigenvalue weighted by Crippen LogP contribution is -2.47. The zero-order chi connectivity index (χ0) is 12.9. The molecule has 1 fully saturated rings. The van der Waals surface area contributed by atoms with E-state index in [-0.39, 0.29) is 5.92 Å². The quantitative estimate of drug-likeness (QED) is 0.668. The molecule has 0 spiro atoms. The van der Waals surface area contributed by atoms with Crippen LogP contribution in [0.15, 0.2) is 0 Å². The lowest BCUT2D eigenvalue weighted by molar-refractivity contribution is -0.112. The van der Waals surface area contributed by atoms with Crippen LogP contribution in [0, 0.1) is 5.92 Å². The predicted octanol–water partition coefficient (Wildman–Crippen LogP) is 0.874. The smallest absolute Gasteiger partial charge is 0.281 e. The van der Waals surface area contributed by atoms with E-state index in [4.69, 9.17) is 0 Å². The van der Waals surface area contributed by atoms with Crippen molar-refractivity contribution in [2.24, 2.45) is 5.92 Å². The molecule has 1 heterocycles. The number of unbranched alkanes of at least 4 members (excludes halogenated alkanes) is 1. The standard InChI is InChI=1S/C11H22N2O3S/c1-3-4-7-12(2)17(15,16)13-8-5-6-11(9-13)10-14/h10-11H,3-9H2,1-2H3.